The SMILES string of the molecule is CC(C)[C@H]1CC[C@H](N(C(=O)Nc2ncc(SCC(=O)O)s2)C2CCCCCC2)CC1. The van der Waals surface area contributed by atoms with E-state index in [0.717, 1.165) is 35.8 Å². The molecule has 2 saturated carbocycles. The van der Waals surface area contributed by atoms with E-state index < -0.39 is 5.97 Å². The molecule has 0 unspecified atom stereocenters. The molecule has 0 spiro atoms. The fourth-order valence-electron chi connectivity index (χ4n) is 4.88. The average molecular weight is 454 g/mol. The molecular weight excluding hydrogens is 418 g/mol. The van der Waals surface area contributed by atoms with Gasteiger partial charge in [0.2, 0.25) is 0 Å². The van der Waals surface area contributed by atoms with E-state index in [0.29, 0.717) is 23.1 Å². The van der Waals surface area contributed by atoms with Crippen molar-refractivity contribution in [3.8, 4) is 0 Å². The van der Waals surface area contributed by atoms with Crippen LogP contribution in [0.1, 0.15) is 78.1 Å². The highest BCUT2D eigenvalue weighted by Crippen LogP contribution is 2.36. The molecule has 0 bridgehead atoms. The number of thioether (sulfide) groups is 1. The monoisotopic (exact) mass is 453 g/mol. The van der Waals surface area contributed by atoms with Crippen molar-refractivity contribution in [2.24, 2.45) is 11.8 Å². The zero-order valence-electron chi connectivity index (χ0n) is 18.1. The van der Waals surface area contributed by atoms with E-state index >= 15 is 0 Å². The van der Waals surface area contributed by atoms with Crippen molar-refractivity contribution in [3.05, 3.63) is 6.20 Å². The van der Waals surface area contributed by atoms with Crippen LogP contribution in [-0.4, -0.2) is 44.8 Å². The Hall–Kier alpha value is -1.28. The zero-order valence-corrected chi connectivity index (χ0v) is 19.8. The number of nitrogens with zero attached hydrogens (tertiary/aromatic N) is 2. The van der Waals surface area contributed by atoms with Crippen LogP contribution in [0.15, 0.2) is 10.4 Å². The van der Waals surface area contributed by atoms with Crippen LogP contribution in [0.4, 0.5) is 9.93 Å². The van der Waals surface area contributed by atoms with Crippen LogP contribution in [0, 0.1) is 11.8 Å². The number of carbonyl (C=O) groups is 2. The van der Waals surface area contributed by atoms with Crippen molar-refractivity contribution in [1.82, 2.24) is 9.88 Å². The summed E-state index contributed by atoms with van der Waals surface area (Å²) in [5.74, 6) is 0.634. The van der Waals surface area contributed by atoms with Gasteiger partial charge in [-0.05, 0) is 50.4 Å². The third-order valence-corrected chi connectivity index (χ3v) is 8.66. The predicted octanol–water partition coefficient (Wildman–Crippen LogP) is 6.09. The van der Waals surface area contributed by atoms with Gasteiger partial charge in [-0.2, -0.15) is 0 Å². The first-order valence-corrected chi connectivity index (χ1v) is 13.1. The van der Waals surface area contributed by atoms with Gasteiger partial charge in [-0.25, -0.2) is 9.78 Å². The lowest BCUT2D eigenvalue weighted by Gasteiger charge is -2.42. The van der Waals surface area contributed by atoms with Gasteiger partial charge in [0, 0.05) is 12.1 Å². The number of thiazole rings is 1. The van der Waals surface area contributed by atoms with Crippen molar-refractivity contribution >= 4 is 40.2 Å². The summed E-state index contributed by atoms with van der Waals surface area (Å²) in [5.41, 5.74) is 0. The van der Waals surface area contributed by atoms with Gasteiger partial charge in [0.25, 0.3) is 0 Å². The van der Waals surface area contributed by atoms with Gasteiger partial charge < -0.3 is 10.0 Å². The van der Waals surface area contributed by atoms with Crippen molar-refractivity contribution in [3.63, 3.8) is 0 Å². The van der Waals surface area contributed by atoms with Crippen LogP contribution in [0.3, 0.4) is 0 Å². The zero-order chi connectivity index (χ0) is 21.5. The quantitative estimate of drug-likeness (QED) is 0.385. The summed E-state index contributed by atoms with van der Waals surface area (Å²) in [4.78, 5) is 30.6. The predicted molar refractivity (Wildman–Crippen MR) is 123 cm³/mol. The molecule has 3 rings (SSSR count). The molecule has 2 aliphatic carbocycles. The first-order valence-electron chi connectivity index (χ1n) is 11.3. The first kappa shape index (κ1) is 23.4. The minimum absolute atomic E-state index is 0.00285. The van der Waals surface area contributed by atoms with Crippen molar-refractivity contribution < 1.29 is 14.7 Å². The molecule has 8 heteroatoms. The molecule has 0 aromatic carbocycles. The van der Waals surface area contributed by atoms with E-state index in [9.17, 15) is 9.59 Å². The molecule has 2 aliphatic rings. The molecule has 0 radical (unpaired) electrons. The fraction of sp³-hybridized carbons (Fsp3) is 0.773. The first-order chi connectivity index (χ1) is 14.4. The summed E-state index contributed by atoms with van der Waals surface area (Å²) in [5, 5.41) is 12.4. The second kappa shape index (κ2) is 11.4. The number of hydrogen-bond acceptors (Lipinski definition) is 5. The third kappa shape index (κ3) is 6.61. The van der Waals surface area contributed by atoms with E-state index in [1.165, 1.54) is 61.6 Å². The molecule has 0 atom stereocenters. The highest BCUT2D eigenvalue weighted by molar-refractivity contribution is 8.01. The fourth-order valence-corrected chi connectivity index (χ4v) is 6.47. The second-order valence-electron chi connectivity index (χ2n) is 8.96. The van der Waals surface area contributed by atoms with E-state index in [1.807, 2.05) is 0 Å². The van der Waals surface area contributed by atoms with Gasteiger partial charge in [-0.3, -0.25) is 10.1 Å². The Labute approximate surface area is 188 Å². The Kier molecular flexibility index (Phi) is 8.86. The highest BCUT2D eigenvalue weighted by atomic mass is 32.2. The summed E-state index contributed by atoms with van der Waals surface area (Å²) >= 11 is 2.59. The standard InChI is InChI=1S/C22H35N3O3S2/c1-15(2)16-9-11-18(12-10-16)25(17-7-5-3-4-6-8-17)22(28)24-21-23-13-20(30-21)29-14-19(26)27/h13,15-18H,3-12,14H2,1-2H3,(H,26,27)(H,23,24,28)/t16-,18-. The van der Waals surface area contributed by atoms with Crippen molar-refractivity contribution in [2.75, 3.05) is 11.1 Å². The summed E-state index contributed by atoms with van der Waals surface area (Å²) in [6, 6.07) is 0.594. The minimum atomic E-state index is -0.851. The number of carboxylic acids is 1. The number of anilines is 1. The number of rotatable bonds is 7. The number of carboxylic acid groups (broad SMARTS) is 1. The van der Waals surface area contributed by atoms with Gasteiger partial charge in [0.05, 0.1) is 16.2 Å². The van der Waals surface area contributed by atoms with Crippen molar-refractivity contribution in [2.45, 2.75) is 94.3 Å². The van der Waals surface area contributed by atoms with Crippen LogP contribution in [0.5, 0.6) is 0 Å². The van der Waals surface area contributed by atoms with E-state index in [2.05, 4.69) is 29.0 Å². The Morgan fingerprint density at radius 3 is 2.37 bits per heavy atom. The molecule has 2 amide bonds. The molecule has 1 aromatic heterocycles. The highest BCUT2D eigenvalue weighted by Gasteiger charge is 2.34. The summed E-state index contributed by atoms with van der Waals surface area (Å²) in [6.07, 6.45) is 13.3. The number of carbonyl (C=O) groups excluding carboxylic acids is 1. The maximum Gasteiger partial charge on any atom is 0.324 e. The van der Waals surface area contributed by atoms with Gasteiger partial charge in [0.1, 0.15) is 0 Å². The number of aromatic nitrogens is 1. The van der Waals surface area contributed by atoms with E-state index in [4.69, 9.17) is 5.11 Å². The minimum Gasteiger partial charge on any atom is -0.481 e. The maximum absolute atomic E-state index is 13.4. The topological polar surface area (TPSA) is 82.5 Å². The molecule has 0 aliphatic heterocycles. The molecule has 1 heterocycles. The van der Waals surface area contributed by atoms with Gasteiger partial charge >= 0.3 is 12.0 Å². The van der Waals surface area contributed by atoms with Crippen LogP contribution < -0.4 is 5.32 Å². The Bertz CT molecular complexity index is 694. The number of nitrogens with one attached hydrogen (secondary N) is 1. The smallest absolute Gasteiger partial charge is 0.324 e. The lowest BCUT2D eigenvalue weighted by atomic mass is 9.79. The normalized spacial score (nSPS) is 23.2. The Morgan fingerprint density at radius 1 is 1.13 bits per heavy atom. The van der Waals surface area contributed by atoms with E-state index in [1.54, 1.807) is 6.20 Å². The number of hydrogen-bond donors (Lipinski definition) is 2. The molecule has 30 heavy (non-hydrogen) atoms. The van der Waals surface area contributed by atoms with Crippen LogP contribution >= 0.6 is 23.1 Å². The van der Waals surface area contributed by atoms with Gasteiger partial charge in [-0.15, -0.1) is 11.8 Å². The number of aliphatic carboxylic acids is 1. The summed E-state index contributed by atoms with van der Waals surface area (Å²) in [6.45, 7) is 4.62. The van der Waals surface area contributed by atoms with Crippen LogP contribution in [0.25, 0.3) is 0 Å². The Balaban J connectivity index is 1.68. The second-order valence-corrected chi connectivity index (χ2v) is 11.3. The molecule has 2 fully saturated rings. The molecular formula is C22H35N3O3S2. The summed E-state index contributed by atoms with van der Waals surface area (Å²) < 4.78 is 0.811. The maximum atomic E-state index is 13.4. The lowest BCUT2D eigenvalue weighted by molar-refractivity contribution is -0.133. The molecule has 2 N–H and O–H groups in total. The lowest BCUT2D eigenvalue weighted by Crippen LogP contribution is -2.50. The summed E-state index contributed by atoms with van der Waals surface area (Å²) in [7, 11) is 0. The van der Waals surface area contributed by atoms with Crippen LogP contribution in [-0.2, 0) is 4.79 Å². The van der Waals surface area contributed by atoms with Crippen LogP contribution in [0.2, 0.25) is 0 Å². The van der Waals surface area contributed by atoms with Crippen molar-refractivity contribution in [1.29, 1.82) is 0 Å². The average Bonchev–Trinajstić information content (AvgIpc) is 2.99. The number of amides is 2. The number of urea groups is 1. The molecule has 1 aromatic rings. The molecule has 0 saturated heterocycles. The van der Waals surface area contributed by atoms with Gasteiger partial charge in [0.15, 0.2) is 5.13 Å². The molecule has 168 valence electrons. The molecule has 6 nitrogen and oxygen atoms in total. The van der Waals surface area contributed by atoms with Gasteiger partial charge in [-0.1, -0.05) is 50.9 Å². The largest absolute Gasteiger partial charge is 0.481 e. The van der Waals surface area contributed by atoms with E-state index in [-0.39, 0.29) is 11.8 Å². The Morgan fingerprint density at radius 2 is 1.77 bits per heavy atom. The third-order valence-electron chi connectivity index (χ3n) is 6.57.